The predicted molar refractivity (Wildman–Crippen MR) is 121 cm³/mol. The molecule has 3 rings (SSSR count). The molecule has 0 aromatic heterocycles. The van der Waals surface area contributed by atoms with Crippen LogP contribution in [0.4, 0.5) is 14.9 Å². The van der Waals surface area contributed by atoms with Crippen molar-refractivity contribution in [2.45, 2.75) is 36.6 Å². The first-order chi connectivity index (χ1) is 15.9. The van der Waals surface area contributed by atoms with Gasteiger partial charge in [0.25, 0.3) is 5.91 Å². The summed E-state index contributed by atoms with van der Waals surface area (Å²) in [7, 11) is 0. The van der Waals surface area contributed by atoms with Crippen molar-refractivity contribution >= 4 is 41.3 Å². The number of hydrogen-bond donors (Lipinski definition) is 3. The van der Waals surface area contributed by atoms with Crippen LogP contribution in [-0.2, 0) is 14.3 Å². The summed E-state index contributed by atoms with van der Waals surface area (Å²) in [6.45, 7) is -0.610. The van der Waals surface area contributed by atoms with E-state index in [1.54, 1.807) is 18.2 Å². The molecule has 174 valence electrons. The van der Waals surface area contributed by atoms with Gasteiger partial charge in [-0.05, 0) is 49.2 Å². The highest BCUT2D eigenvalue weighted by Gasteiger charge is 2.20. The van der Waals surface area contributed by atoms with Crippen molar-refractivity contribution < 1.29 is 28.3 Å². The lowest BCUT2D eigenvalue weighted by molar-refractivity contribution is -0.123. The van der Waals surface area contributed by atoms with Gasteiger partial charge in [-0.25, -0.2) is 14.0 Å². The Morgan fingerprint density at radius 1 is 0.970 bits per heavy atom. The second-order valence-electron chi connectivity index (χ2n) is 7.42. The summed E-state index contributed by atoms with van der Waals surface area (Å²) >= 11 is 1.12. The van der Waals surface area contributed by atoms with E-state index in [0.717, 1.165) is 37.4 Å². The van der Waals surface area contributed by atoms with Crippen molar-refractivity contribution in [2.75, 3.05) is 17.7 Å². The summed E-state index contributed by atoms with van der Waals surface area (Å²) in [5, 5.41) is 7.50. The van der Waals surface area contributed by atoms with Gasteiger partial charge in [0.1, 0.15) is 5.82 Å². The number of benzene rings is 2. The topological polar surface area (TPSA) is 114 Å². The van der Waals surface area contributed by atoms with Crippen molar-refractivity contribution in [1.82, 2.24) is 10.6 Å². The first kappa shape index (κ1) is 24.2. The number of rotatable bonds is 8. The van der Waals surface area contributed by atoms with E-state index in [-0.39, 0.29) is 23.3 Å². The zero-order valence-corrected chi connectivity index (χ0v) is 18.6. The van der Waals surface area contributed by atoms with E-state index >= 15 is 0 Å². The van der Waals surface area contributed by atoms with Gasteiger partial charge in [-0.2, -0.15) is 0 Å². The van der Waals surface area contributed by atoms with Gasteiger partial charge in [0.15, 0.2) is 6.61 Å². The summed E-state index contributed by atoms with van der Waals surface area (Å²) in [4.78, 5) is 48.9. The van der Waals surface area contributed by atoms with Crippen LogP contribution in [0, 0.1) is 5.82 Å². The molecule has 10 heteroatoms. The molecule has 0 atom stereocenters. The molecule has 0 saturated heterocycles. The average Bonchev–Trinajstić information content (AvgIpc) is 3.30. The molecule has 3 N–H and O–H groups in total. The number of thioether (sulfide) groups is 1. The fourth-order valence-electron chi connectivity index (χ4n) is 3.30. The van der Waals surface area contributed by atoms with Crippen LogP contribution in [0.5, 0.6) is 0 Å². The molecular weight excluding hydrogens is 449 g/mol. The third kappa shape index (κ3) is 7.90. The minimum absolute atomic E-state index is 0.00347. The maximum Gasteiger partial charge on any atom is 0.339 e. The molecule has 1 aliphatic rings. The zero-order valence-electron chi connectivity index (χ0n) is 17.8. The van der Waals surface area contributed by atoms with Crippen LogP contribution in [-0.4, -0.2) is 42.2 Å². The van der Waals surface area contributed by atoms with Gasteiger partial charge in [0.05, 0.1) is 11.3 Å². The van der Waals surface area contributed by atoms with Gasteiger partial charge >= 0.3 is 12.0 Å². The number of halogens is 1. The highest BCUT2D eigenvalue weighted by molar-refractivity contribution is 8.00. The Morgan fingerprint density at radius 2 is 1.67 bits per heavy atom. The van der Waals surface area contributed by atoms with Crippen molar-refractivity contribution in [2.24, 2.45) is 0 Å². The highest BCUT2D eigenvalue weighted by atomic mass is 32.2. The average molecular weight is 474 g/mol. The Kier molecular flexibility index (Phi) is 8.82. The molecule has 0 heterocycles. The molecule has 1 aliphatic carbocycles. The fraction of sp³-hybridized carbons (Fsp3) is 0.304. The van der Waals surface area contributed by atoms with E-state index < -0.39 is 30.3 Å². The second kappa shape index (κ2) is 12.0. The SMILES string of the molecule is O=C(COC(=O)c1ccccc1SCC(=O)Nc1ccc(F)cc1)NC(=O)NC1CCCC1. The molecule has 0 bridgehead atoms. The van der Waals surface area contributed by atoms with E-state index in [2.05, 4.69) is 16.0 Å². The van der Waals surface area contributed by atoms with Crippen LogP contribution in [0.3, 0.4) is 0 Å². The van der Waals surface area contributed by atoms with Crippen LogP contribution >= 0.6 is 11.8 Å². The Hall–Kier alpha value is -3.40. The molecule has 0 unspecified atom stereocenters. The Bertz CT molecular complexity index is 1010. The maximum atomic E-state index is 13.0. The maximum absolute atomic E-state index is 13.0. The molecule has 2 aromatic rings. The zero-order chi connectivity index (χ0) is 23.6. The summed E-state index contributed by atoms with van der Waals surface area (Å²) in [5.41, 5.74) is 0.651. The minimum Gasteiger partial charge on any atom is -0.452 e. The third-order valence-electron chi connectivity index (χ3n) is 4.87. The van der Waals surface area contributed by atoms with E-state index in [4.69, 9.17) is 4.74 Å². The summed E-state index contributed by atoms with van der Waals surface area (Å²) < 4.78 is 18.0. The van der Waals surface area contributed by atoms with Gasteiger partial charge in [0, 0.05) is 16.6 Å². The molecule has 0 aliphatic heterocycles. The number of ether oxygens (including phenoxy) is 1. The number of amides is 4. The molecule has 8 nitrogen and oxygen atoms in total. The standard InChI is InChI=1S/C23H24FN3O5S/c24-15-9-11-17(12-10-15)25-21(29)14-33-19-8-4-3-7-18(19)22(30)32-13-20(28)27-23(31)26-16-5-1-2-6-16/h3-4,7-12,16H,1-2,5-6,13-14H2,(H,25,29)(H2,26,27,28,31). The molecule has 0 spiro atoms. The number of nitrogens with one attached hydrogen (secondary N) is 3. The van der Waals surface area contributed by atoms with Gasteiger partial charge in [0.2, 0.25) is 5.91 Å². The van der Waals surface area contributed by atoms with Crippen molar-refractivity contribution in [3.05, 3.63) is 59.9 Å². The van der Waals surface area contributed by atoms with Crippen LogP contribution in [0.2, 0.25) is 0 Å². The first-order valence-corrected chi connectivity index (χ1v) is 11.4. The monoisotopic (exact) mass is 473 g/mol. The van der Waals surface area contributed by atoms with Gasteiger partial charge in [-0.3, -0.25) is 14.9 Å². The number of esters is 1. The molecule has 1 fully saturated rings. The summed E-state index contributed by atoms with van der Waals surface area (Å²) in [6, 6.07) is 11.3. The van der Waals surface area contributed by atoms with Crippen molar-refractivity contribution in [3.63, 3.8) is 0 Å². The lowest BCUT2D eigenvalue weighted by Crippen LogP contribution is -2.45. The third-order valence-corrected chi connectivity index (χ3v) is 5.94. The molecule has 2 aromatic carbocycles. The van der Waals surface area contributed by atoms with E-state index in [9.17, 15) is 23.6 Å². The van der Waals surface area contributed by atoms with Crippen LogP contribution < -0.4 is 16.0 Å². The quantitative estimate of drug-likeness (QED) is 0.400. The molecule has 1 saturated carbocycles. The normalized spacial score (nSPS) is 13.2. The summed E-state index contributed by atoms with van der Waals surface area (Å²) in [5.74, 6) is -2.21. The fourth-order valence-corrected chi connectivity index (χ4v) is 4.14. The number of anilines is 1. The molecular formula is C23H24FN3O5S. The predicted octanol–water partition coefficient (Wildman–Crippen LogP) is 3.48. The molecule has 33 heavy (non-hydrogen) atoms. The number of carbonyl (C=O) groups is 4. The lowest BCUT2D eigenvalue weighted by atomic mass is 10.2. The summed E-state index contributed by atoms with van der Waals surface area (Å²) in [6.07, 6.45) is 3.85. The van der Waals surface area contributed by atoms with Crippen LogP contribution in [0.1, 0.15) is 36.0 Å². The number of imide groups is 1. The van der Waals surface area contributed by atoms with Crippen LogP contribution in [0.25, 0.3) is 0 Å². The highest BCUT2D eigenvalue weighted by Crippen LogP contribution is 2.24. The number of urea groups is 1. The Labute approximate surface area is 194 Å². The molecule has 0 radical (unpaired) electrons. The smallest absolute Gasteiger partial charge is 0.339 e. The lowest BCUT2D eigenvalue weighted by Gasteiger charge is -2.12. The number of carbonyl (C=O) groups excluding carboxylic acids is 4. The van der Waals surface area contributed by atoms with E-state index in [1.165, 1.54) is 30.3 Å². The number of hydrogen-bond acceptors (Lipinski definition) is 6. The second-order valence-corrected chi connectivity index (χ2v) is 8.44. The Balaban J connectivity index is 1.46. The van der Waals surface area contributed by atoms with Gasteiger partial charge in [-0.1, -0.05) is 25.0 Å². The van der Waals surface area contributed by atoms with E-state index in [0.29, 0.717) is 10.6 Å². The van der Waals surface area contributed by atoms with Gasteiger partial charge in [-0.15, -0.1) is 11.8 Å². The van der Waals surface area contributed by atoms with Crippen molar-refractivity contribution in [3.8, 4) is 0 Å². The minimum atomic E-state index is -0.747. The van der Waals surface area contributed by atoms with Crippen LogP contribution in [0.15, 0.2) is 53.4 Å². The molecule has 4 amide bonds. The first-order valence-electron chi connectivity index (χ1n) is 10.5. The Morgan fingerprint density at radius 3 is 2.39 bits per heavy atom. The van der Waals surface area contributed by atoms with Gasteiger partial charge < -0.3 is 15.4 Å². The van der Waals surface area contributed by atoms with Crippen molar-refractivity contribution in [1.29, 1.82) is 0 Å². The van der Waals surface area contributed by atoms with E-state index in [1.807, 2.05) is 0 Å². The largest absolute Gasteiger partial charge is 0.452 e.